The minimum absolute atomic E-state index is 0.117. The molecule has 114 valence electrons. The Morgan fingerprint density at radius 1 is 1.36 bits per heavy atom. The summed E-state index contributed by atoms with van der Waals surface area (Å²) in [5.41, 5.74) is 0.00378. The Bertz CT molecular complexity index is 731. The number of aryl methyl sites for hydroxylation is 1. The first-order valence-corrected chi connectivity index (χ1v) is 6.90. The zero-order valence-corrected chi connectivity index (χ0v) is 12.0. The second-order valence-electron chi connectivity index (χ2n) is 5.00. The van der Waals surface area contributed by atoms with Gasteiger partial charge in [0.25, 0.3) is 11.5 Å². The van der Waals surface area contributed by atoms with Crippen LogP contribution in [0.5, 0.6) is 5.88 Å². The van der Waals surface area contributed by atoms with E-state index in [0.29, 0.717) is 25.4 Å². The maximum atomic E-state index is 12.4. The van der Waals surface area contributed by atoms with Crippen molar-refractivity contribution in [2.45, 2.75) is 12.5 Å². The molecule has 1 aliphatic rings. The third-order valence-electron chi connectivity index (χ3n) is 3.44. The van der Waals surface area contributed by atoms with Crippen LogP contribution in [0.3, 0.4) is 0 Å². The monoisotopic (exact) mass is 301 g/mol. The third kappa shape index (κ3) is 2.95. The van der Waals surface area contributed by atoms with Crippen LogP contribution in [0.15, 0.2) is 35.5 Å². The van der Waals surface area contributed by atoms with E-state index in [1.807, 2.05) is 0 Å². The highest BCUT2D eigenvalue weighted by Crippen LogP contribution is 2.17. The Morgan fingerprint density at radius 2 is 2.23 bits per heavy atom. The molecule has 1 atom stereocenters. The lowest BCUT2D eigenvalue weighted by Crippen LogP contribution is -2.33. The van der Waals surface area contributed by atoms with Gasteiger partial charge in [0.05, 0.1) is 12.7 Å². The molecule has 1 saturated heterocycles. The van der Waals surface area contributed by atoms with E-state index in [1.54, 1.807) is 23.5 Å². The number of aromatic nitrogens is 4. The molecule has 0 N–H and O–H groups in total. The molecule has 1 unspecified atom stereocenters. The van der Waals surface area contributed by atoms with Crippen LogP contribution in [-0.2, 0) is 7.05 Å². The van der Waals surface area contributed by atoms with Crippen molar-refractivity contribution in [1.29, 1.82) is 0 Å². The number of carbonyl (C=O) groups is 1. The molecule has 0 aromatic carbocycles. The molecule has 22 heavy (non-hydrogen) atoms. The molecule has 1 amide bonds. The minimum Gasteiger partial charge on any atom is -0.471 e. The zero-order valence-electron chi connectivity index (χ0n) is 12.0. The Balaban J connectivity index is 1.65. The lowest BCUT2D eigenvalue weighted by molar-refractivity contribution is 0.0762. The van der Waals surface area contributed by atoms with E-state index in [1.165, 1.54) is 19.2 Å². The van der Waals surface area contributed by atoms with Gasteiger partial charge in [-0.3, -0.25) is 14.6 Å². The van der Waals surface area contributed by atoms with E-state index in [2.05, 4.69) is 15.1 Å². The molecule has 8 nitrogen and oxygen atoms in total. The van der Waals surface area contributed by atoms with Gasteiger partial charge in [0.15, 0.2) is 0 Å². The van der Waals surface area contributed by atoms with Crippen molar-refractivity contribution in [3.63, 3.8) is 0 Å². The summed E-state index contributed by atoms with van der Waals surface area (Å²) in [5.74, 6) is 0.239. The number of hydrogen-bond acceptors (Lipinski definition) is 6. The molecular formula is C14H15N5O3. The van der Waals surface area contributed by atoms with Gasteiger partial charge in [0, 0.05) is 38.5 Å². The van der Waals surface area contributed by atoms with Crippen molar-refractivity contribution in [2.75, 3.05) is 13.1 Å². The number of amides is 1. The van der Waals surface area contributed by atoms with E-state index in [4.69, 9.17) is 4.74 Å². The van der Waals surface area contributed by atoms with E-state index in [9.17, 15) is 9.59 Å². The second-order valence-corrected chi connectivity index (χ2v) is 5.00. The molecule has 0 aliphatic carbocycles. The van der Waals surface area contributed by atoms with E-state index in [0.717, 1.165) is 4.68 Å². The van der Waals surface area contributed by atoms with Crippen LogP contribution >= 0.6 is 0 Å². The number of ether oxygens (including phenoxy) is 1. The molecule has 1 aliphatic heterocycles. The maximum absolute atomic E-state index is 12.4. The van der Waals surface area contributed by atoms with Crippen LogP contribution in [0.1, 0.15) is 16.9 Å². The summed E-state index contributed by atoms with van der Waals surface area (Å²) >= 11 is 0. The van der Waals surface area contributed by atoms with Crippen LogP contribution in [-0.4, -0.2) is 49.7 Å². The van der Waals surface area contributed by atoms with Crippen molar-refractivity contribution in [1.82, 2.24) is 24.6 Å². The standard InChI is InChI=1S/C14H15N5O3/c1-18-13(20)3-2-11(17-18)14(21)19-7-4-10(9-19)22-12-8-15-5-6-16-12/h2-3,5-6,8,10H,4,7,9H2,1H3. The topological polar surface area (TPSA) is 90.2 Å². The van der Waals surface area contributed by atoms with Gasteiger partial charge < -0.3 is 9.64 Å². The molecule has 3 heterocycles. The summed E-state index contributed by atoms with van der Waals surface area (Å²) in [6.45, 7) is 1.04. The summed E-state index contributed by atoms with van der Waals surface area (Å²) in [6, 6.07) is 2.78. The Morgan fingerprint density at radius 3 is 2.95 bits per heavy atom. The van der Waals surface area contributed by atoms with Crippen LogP contribution < -0.4 is 10.3 Å². The highest BCUT2D eigenvalue weighted by molar-refractivity contribution is 5.92. The summed E-state index contributed by atoms with van der Waals surface area (Å²) in [4.78, 5) is 33.3. The van der Waals surface area contributed by atoms with E-state index >= 15 is 0 Å². The Labute approximate surface area is 126 Å². The second kappa shape index (κ2) is 5.92. The molecule has 0 bridgehead atoms. The Kier molecular flexibility index (Phi) is 3.82. The zero-order chi connectivity index (χ0) is 15.5. The third-order valence-corrected chi connectivity index (χ3v) is 3.44. The van der Waals surface area contributed by atoms with Crippen molar-refractivity contribution < 1.29 is 9.53 Å². The van der Waals surface area contributed by atoms with Crippen LogP contribution in [0, 0.1) is 0 Å². The molecule has 0 radical (unpaired) electrons. The molecule has 0 saturated carbocycles. The van der Waals surface area contributed by atoms with Crippen LogP contribution in [0.25, 0.3) is 0 Å². The smallest absolute Gasteiger partial charge is 0.274 e. The number of carbonyl (C=O) groups excluding carboxylic acids is 1. The fraction of sp³-hybridized carbons (Fsp3) is 0.357. The normalized spacial score (nSPS) is 17.5. The molecular weight excluding hydrogens is 286 g/mol. The predicted octanol–water partition coefficient (Wildman–Crippen LogP) is -0.136. The van der Waals surface area contributed by atoms with Crippen molar-refractivity contribution in [2.24, 2.45) is 7.05 Å². The number of rotatable bonds is 3. The van der Waals surface area contributed by atoms with Crippen molar-refractivity contribution >= 4 is 5.91 Å². The molecule has 0 spiro atoms. The molecule has 1 fully saturated rings. The number of hydrogen-bond donors (Lipinski definition) is 0. The average molecular weight is 301 g/mol. The highest BCUT2D eigenvalue weighted by Gasteiger charge is 2.29. The lowest BCUT2D eigenvalue weighted by Gasteiger charge is -2.16. The molecule has 2 aromatic rings. The van der Waals surface area contributed by atoms with Crippen LogP contribution in [0.4, 0.5) is 0 Å². The first-order chi connectivity index (χ1) is 10.6. The average Bonchev–Trinajstić information content (AvgIpc) is 2.99. The predicted molar refractivity (Wildman–Crippen MR) is 76.4 cm³/mol. The SMILES string of the molecule is Cn1nc(C(=O)N2CCC(Oc3cnccn3)C2)ccc1=O. The van der Waals surface area contributed by atoms with Crippen molar-refractivity contribution in [3.05, 3.63) is 46.8 Å². The van der Waals surface area contributed by atoms with Gasteiger partial charge in [-0.25, -0.2) is 9.67 Å². The first-order valence-electron chi connectivity index (χ1n) is 6.90. The first kappa shape index (κ1) is 14.2. The highest BCUT2D eigenvalue weighted by atomic mass is 16.5. The van der Waals surface area contributed by atoms with Gasteiger partial charge in [-0.05, 0) is 6.07 Å². The summed E-state index contributed by atoms with van der Waals surface area (Å²) < 4.78 is 6.84. The van der Waals surface area contributed by atoms with Gasteiger partial charge in [-0.2, -0.15) is 5.10 Å². The molecule has 3 rings (SSSR count). The van der Waals surface area contributed by atoms with Gasteiger partial charge in [0.2, 0.25) is 5.88 Å². The number of nitrogens with zero attached hydrogens (tertiary/aromatic N) is 5. The van der Waals surface area contributed by atoms with Gasteiger partial charge >= 0.3 is 0 Å². The Hall–Kier alpha value is -2.77. The fourth-order valence-electron chi connectivity index (χ4n) is 2.30. The van der Waals surface area contributed by atoms with Gasteiger partial charge in [-0.1, -0.05) is 0 Å². The fourth-order valence-corrected chi connectivity index (χ4v) is 2.30. The largest absolute Gasteiger partial charge is 0.471 e. The van der Waals surface area contributed by atoms with E-state index in [-0.39, 0.29) is 23.3 Å². The summed E-state index contributed by atoms with van der Waals surface area (Å²) in [5, 5.41) is 3.98. The van der Waals surface area contributed by atoms with Gasteiger partial charge in [-0.15, -0.1) is 0 Å². The summed E-state index contributed by atoms with van der Waals surface area (Å²) in [7, 11) is 1.52. The quantitative estimate of drug-likeness (QED) is 0.784. The van der Waals surface area contributed by atoms with Gasteiger partial charge in [0.1, 0.15) is 11.8 Å². The molecule has 2 aromatic heterocycles. The lowest BCUT2D eigenvalue weighted by atomic mass is 10.3. The maximum Gasteiger partial charge on any atom is 0.274 e. The molecule has 8 heteroatoms. The van der Waals surface area contributed by atoms with Crippen LogP contribution in [0.2, 0.25) is 0 Å². The van der Waals surface area contributed by atoms with Crippen molar-refractivity contribution in [3.8, 4) is 5.88 Å². The summed E-state index contributed by atoms with van der Waals surface area (Å²) in [6.07, 6.45) is 5.27. The van der Waals surface area contributed by atoms with E-state index < -0.39 is 0 Å². The minimum atomic E-state index is -0.248. The number of likely N-dealkylation sites (tertiary alicyclic amines) is 1.